The monoisotopic (exact) mass is 185 g/mol. The number of hydrogen-bond acceptors (Lipinski definition) is 1. The van der Waals surface area contributed by atoms with Crippen LogP contribution in [0, 0.1) is 11.8 Å². The van der Waals surface area contributed by atoms with E-state index in [4.69, 9.17) is 23.2 Å². The first-order valence-corrected chi connectivity index (χ1v) is 3.90. The number of hydrogen-bond donors (Lipinski definition) is 0. The minimum atomic E-state index is 0.324. The number of halogens is 2. The van der Waals surface area contributed by atoms with E-state index < -0.39 is 0 Å². The van der Waals surface area contributed by atoms with Gasteiger partial charge in [0.25, 0.3) is 0 Å². The predicted molar refractivity (Wildman–Crippen MR) is 46.8 cm³/mol. The molecule has 0 spiro atoms. The van der Waals surface area contributed by atoms with E-state index in [-0.39, 0.29) is 0 Å². The predicted octanol–water partition coefficient (Wildman–Crippen LogP) is 2.33. The van der Waals surface area contributed by atoms with E-state index in [1.165, 1.54) is 0 Å². The van der Waals surface area contributed by atoms with E-state index in [0.29, 0.717) is 16.6 Å². The van der Waals surface area contributed by atoms with Crippen LogP contribution in [0.2, 0.25) is 5.02 Å². The van der Waals surface area contributed by atoms with Crippen LogP contribution in [-0.2, 0) is 0 Å². The van der Waals surface area contributed by atoms with E-state index in [1.54, 1.807) is 18.3 Å². The van der Waals surface area contributed by atoms with Gasteiger partial charge in [-0.3, -0.25) is 0 Å². The lowest BCUT2D eigenvalue weighted by Crippen LogP contribution is -1.79. The van der Waals surface area contributed by atoms with Crippen molar-refractivity contribution in [2.24, 2.45) is 0 Å². The van der Waals surface area contributed by atoms with E-state index in [9.17, 15) is 0 Å². The second-order valence-electron chi connectivity index (χ2n) is 1.80. The molecule has 0 aromatic carbocycles. The van der Waals surface area contributed by atoms with Crippen LogP contribution in [0.3, 0.4) is 0 Å². The summed E-state index contributed by atoms with van der Waals surface area (Å²) in [5, 5.41) is 0.612. The minimum Gasteiger partial charge on any atom is -0.246 e. The Labute approximate surface area is 75.4 Å². The molecule has 0 N–H and O–H groups in total. The molecule has 0 saturated carbocycles. The number of alkyl halides is 1. The van der Waals surface area contributed by atoms with Crippen molar-refractivity contribution in [2.45, 2.75) is 0 Å². The molecular weight excluding hydrogens is 181 g/mol. The molecule has 1 aromatic heterocycles. The summed E-state index contributed by atoms with van der Waals surface area (Å²) in [7, 11) is 0. The Balaban J connectivity index is 2.82. The summed E-state index contributed by atoms with van der Waals surface area (Å²) in [6.45, 7) is 0. The highest BCUT2D eigenvalue weighted by atomic mass is 35.5. The second kappa shape index (κ2) is 4.23. The van der Waals surface area contributed by atoms with Gasteiger partial charge in [-0.15, -0.1) is 11.6 Å². The molecule has 0 fully saturated rings. The van der Waals surface area contributed by atoms with Crippen LogP contribution in [-0.4, -0.2) is 10.9 Å². The molecule has 56 valence electrons. The average molecular weight is 186 g/mol. The van der Waals surface area contributed by atoms with Crippen molar-refractivity contribution >= 4 is 23.2 Å². The van der Waals surface area contributed by atoms with Gasteiger partial charge in [0.15, 0.2) is 0 Å². The van der Waals surface area contributed by atoms with Gasteiger partial charge in [0, 0.05) is 6.20 Å². The van der Waals surface area contributed by atoms with Gasteiger partial charge in [-0.2, -0.15) is 0 Å². The summed E-state index contributed by atoms with van der Waals surface area (Å²) in [6, 6.07) is 3.49. The summed E-state index contributed by atoms with van der Waals surface area (Å²) < 4.78 is 0. The first-order valence-electron chi connectivity index (χ1n) is 2.99. The van der Waals surface area contributed by atoms with Crippen LogP contribution in [0.25, 0.3) is 0 Å². The molecule has 0 aliphatic carbocycles. The van der Waals surface area contributed by atoms with Crippen LogP contribution >= 0.6 is 23.2 Å². The molecule has 1 aromatic rings. The molecule has 1 nitrogen and oxygen atoms in total. The molecule has 0 aliphatic rings. The molecule has 0 aliphatic heterocycles. The van der Waals surface area contributed by atoms with E-state index in [0.717, 1.165) is 0 Å². The molecule has 0 radical (unpaired) electrons. The topological polar surface area (TPSA) is 12.9 Å². The van der Waals surface area contributed by atoms with Crippen molar-refractivity contribution in [3.05, 3.63) is 29.0 Å². The third kappa shape index (κ3) is 2.80. The van der Waals surface area contributed by atoms with E-state index in [2.05, 4.69) is 16.8 Å². The first-order chi connectivity index (χ1) is 5.33. The number of aromatic nitrogens is 1. The maximum absolute atomic E-state index is 5.61. The third-order valence-electron chi connectivity index (χ3n) is 1.01. The number of nitrogens with zero attached hydrogens (tertiary/aromatic N) is 1. The van der Waals surface area contributed by atoms with Crippen LogP contribution in [0.5, 0.6) is 0 Å². The zero-order chi connectivity index (χ0) is 8.10. The SMILES string of the molecule is ClCC#Cc1ccc(Cl)cn1. The van der Waals surface area contributed by atoms with Gasteiger partial charge < -0.3 is 0 Å². The zero-order valence-corrected chi connectivity index (χ0v) is 7.15. The molecule has 0 atom stereocenters. The molecule has 0 saturated heterocycles. The average Bonchev–Trinajstić information content (AvgIpc) is 2.04. The van der Waals surface area contributed by atoms with E-state index >= 15 is 0 Å². The van der Waals surface area contributed by atoms with Crippen LogP contribution in [0.15, 0.2) is 18.3 Å². The standard InChI is InChI=1S/C8H5Cl2N/c9-5-1-2-8-4-3-7(10)6-11-8/h3-4,6H,5H2. The molecule has 0 amide bonds. The van der Waals surface area contributed by atoms with Gasteiger partial charge in [-0.05, 0) is 18.1 Å². The van der Waals surface area contributed by atoms with Crippen molar-refractivity contribution in [3.63, 3.8) is 0 Å². The van der Waals surface area contributed by atoms with Crippen molar-refractivity contribution in [3.8, 4) is 11.8 Å². The highest BCUT2D eigenvalue weighted by Gasteiger charge is 1.87. The van der Waals surface area contributed by atoms with Crippen molar-refractivity contribution in [1.82, 2.24) is 4.98 Å². The lowest BCUT2D eigenvalue weighted by atomic mass is 10.3. The highest BCUT2D eigenvalue weighted by molar-refractivity contribution is 6.30. The van der Waals surface area contributed by atoms with Gasteiger partial charge in [0.1, 0.15) is 5.69 Å². The van der Waals surface area contributed by atoms with Crippen molar-refractivity contribution < 1.29 is 0 Å². The molecule has 0 unspecified atom stereocenters. The number of rotatable bonds is 0. The molecular formula is C8H5Cl2N. The summed E-state index contributed by atoms with van der Waals surface area (Å²) in [4.78, 5) is 3.95. The van der Waals surface area contributed by atoms with Gasteiger partial charge in [0.2, 0.25) is 0 Å². The zero-order valence-electron chi connectivity index (χ0n) is 5.64. The van der Waals surface area contributed by atoms with Gasteiger partial charge in [0.05, 0.1) is 10.9 Å². The summed E-state index contributed by atoms with van der Waals surface area (Å²) in [6.07, 6.45) is 1.56. The fourth-order valence-electron chi connectivity index (χ4n) is 0.574. The highest BCUT2D eigenvalue weighted by Crippen LogP contribution is 2.04. The molecule has 11 heavy (non-hydrogen) atoms. The Bertz CT molecular complexity index is 281. The smallest absolute Gasteiger partial charge is 0.113 e. The van der Waals surface area contributed by atoms with E-state index in [1.807, 2.05) is 0 Å². The minimum absolute atomic E-state index is 0.324. The Morgan fingerprint density at radius 1 is 1.45 bits per heavy atom. The largest absolute Gasteiger partial charge is 0.246 e. The van der Waals surface area contributed by atoms with Gasteiger partial charge in [-0.25, -0.2) is 4.98 Å². The van der Waals surface area contributed by atoms with Crippen LogP contribution in [0.1, 0.15) is 5.69 Å². The Morgan fingerprint density at radius 2 is 2.27 bits per heavy atom. The summed E-state index contributed by atoms with van der Waals surface area (Å²) in [5.41, 5.74) is 0.690. The lowest BCUT2D eigenvalue weighted by molar-refractivity contribution is 1.29. The maximum Gasteiger partial charge on any atom is 0.113 e. The van der Waals surface area contributed by atoms with Gasteiger partial charge >= 0.3 is 0 Å². The fourth-order valence-corrected chi connectivity index (χ4v) is 0.752. The van der Waals surface area contributed by atoms with Gasteiger partial charge in [-0.1, -0.05) is 17.5 Å². The quantitative estimate of drug-likeness (QED) is 0.447. The normalized spacial score (nSPS) is 8.55. The van der Waals surface area contributed by atoms with Crippen LogP contribution < -0.4 is 0 Å². The molecule has 1 rings (SSSR count). The third-order valence-corrected chi connectivity index (χ3v) is 1.37. The summed E-state index contributed by atoms with van der Waals surface area (Å²) in [5.74, 6) is 5.79. The Kier molecular flexibility index (Phi) is 3.22. The fraction of sp³-hybridized carbons (Fsp3) is 0.125. The summed E-state index contributed by atoms with van der Waals surface area (Å²) >= 11 is 11.0. The van der Waals surface area contributed by atoms with Crippen LogP contribution in [0.4, 0.5) is 0 Å². The lowest BCUT2D eigenvalue weighted by Gasteiger charge is -1.87. The maximum atomic E-state index is 5.61. The Morgan fingerprint density at radius 3 is 2.82 bits per heavy atom. The first kappa shape index (κ1) is 8.39. The second-order valence-corrected chi connectivity index (χ2v) is 2.50. The molecule has 0 bridgehead atoms. The van der Waals surface area contributed by atoms with Crippen molar-refractivity contribution in [1.29, 1.82) is 0 Å². The molecule has 1 heterocycles. The number of pyridine rings is 1. The van der Waals surface area contributed by atoms with Crippen molar-refractivity contribution in [2.75, 3.05) is 5.88 Å². The molecule has 3 heteroatoms. The Hall–Kier alpha value is -0.710.